The smallest absolute Gasteiger partial charge is 0.113 e. The van der Waals surface area contributed by atoms with Crippen LogP contribution < -0.4 is 0 Å². The molecule has 6 rings (SSSR count). The lowest BCUT2D eigenvalue weighted by Crippen LogP contribution is -2.44. The summed E-state index contributed by atoms with van der Waals surface area (Å²) < 4.78 is 0. The van der Waals surface area contributed by atoms with Crippen molar-refractivity contribution in [1.82, 2.24) is 30.0 Å². The largest absolute Gasteiger partial charge is 0.391 e. The van der Waals surface area contributed by atoms with Gasteiger partial charge in [-0.25, -0.2) is 0 Å². The Kier molecular flexibility index (Phi) is 10.3. The van der Waals surface area contributed by atoms with E-state index in [2.05, 4.69) is 82.9 Å². The van der Waals surface area contributed by atoms with Crippen LogP contribution in [0.15, 0.2) is 48.5 Å². The first-order valence-electron chi connectivity index (χ1n) is 16.0. The number of fused-ring (bicyclic) bond motifs is 2. The zero-order chi connectivity index (χ0) is 34.0. The molecule has 2 N–H and O–H groups in total. The molecule has 4 aromatic rings. The van der Waals surface area contributed by atoms with Crippen molar-refractivity contribution in [3.63, 3.8) is 0 Å². The van der Waals surface area contributed by atoms with Crippen LogP contribution in [0.2, 0.25) is 0 Å². The monoisotopic (exact) mass is 638 g/mol. The molecule has 0 spiro atoms. The number of nitrogens with zero attached hydrogens (tertiary/aromatic N) is 6. The Morgan fingerprint density at radius 1 is 0.531 bits per heavy atom. The lowest BCUT2D eigenvalue weighted by molar-refractivity contribution is -0.0450. The molecule has 2 aromatic carbocycles. The summed E-state index contributed by atoms with van der Waals surface area (Å²) in [6, 6.07) is 14.4. The van der Waals surface area contributed by atoms with Gasteiger partial charge in [-0.1, -0.05) is 36.1 Å². The minimum absolute atomic E-state index is 0.105. The lowest BCUT2D eigenvalue weighted by Gasteiger charge is -2.42. The SMILES string of the molecule is C#CC#CC#CC#CC1CC(CC2CC(C#CC#CC#CC#C)CC(n3nc4ccccc4n3)C2O)C(O)C(n2nc3ccccc3n2)C1. The van der Waals surface area contributed by atoms with Crippen molar-refractivity contribution in [2.45, 2.75) is 56.4 Å². The van der Waals surface area contributed by atoms with Gasteiger partial charge >= 0.3 is 0 Å². The van der Waals surface area contributed by atoms with Gasteiger partial charge in [0, 0.05) is 11.8 Å². The van der Waals surface area contributed by atoms with E-state index >= 15 is 0 Å². The van der Waals surface area contributed by atoms with E-state index in [1.165, 1.54) is 0 Å². The molecular weight excluding hydrogens is 608 g/mol. The number of aromatic nitrogens is 6. The van der Waals surface area contributed by atoms with Gasteiger partial charge in [-0.3, -0.25) is 0 Å². The Labute approximate surface area is 286 Å². The van der Waals surface area contributed by atoms with E-state index in [4.69, 9.17) is 33.2 Å². The molecule has 8 unspecified atom stereocenters. The molecule has 2 aliphatic rings. The van der Waals surface area contributed by atoms with Crippen LogP contribution in [0, 0.1) is 119 Å². The summed E-state index contributed by atoms with van der Waals surface area (Å²) in [5, 5.41) is 42.6. The van der Waals surface area contributed by atoms with Gasteiger partial charge in [0.15, 0.2) is 0 Å². The van der Waals surface area contributed by atoms with E-state index in [1.807, 2.05) is 48.5 Å². The summed E-state index contributed by atoms with van der Waals surface area (Å²) >= 11 is 0. The molecule has 0 aliphatic heterocycles. The second-order valence-corrected chi connectivity index (χ2v) is 12.1. The third-order valence-corrected chi connectivity index (χ3v) is 8.98. The van der Waals surface area contributed by atoms with Gasteiger partial charge in [0.2, 0.25) is 0 Å². The third-order valence-electron chi connectivity index (χ3n) is 8.98. The molecule has 2 heterocycles. The fourth-order valence-electron chi connectivity index (χ4n) is 6.84. The molecule has 236 valence electrons. The van der Waals surface area contributed by atoms with Crippen molar-refractivity contribution in [3.8, 4) is 95.7 Å². The van der Waals surface area contributed by atoms with Crippen molar-refractivity contribution in [3.05, 3.63) is 48.5 Å². The summed E-state index contributed by atoms with van der Waals surface area (Å²) in [6.45, 7) is 0. The quantitative estimate of drug-likeness (QED) is 0.333. The Bertz CT molecular complexity index is 2110. The summed E-state index contributed by atoms with van der Waals surface area (Å²) in [5.41, 5.74) is 2.99. The highest BCUT2D eigenvalue weighted by molar-refractivity contribution is 5.73. The minimum Gasteiger partial charge on any atom is -0.391 e. The molecule has 0 amide bonds. The van der Waals surface area contributed by atoms with Crippen molar-refractivity contribution >= 4 is 22.1 Å². The van der Waals surface area contributed by atoms with Gasteiger partial charge in [0.25, 0.3) is 0 Å². The molecule has 2 aliphatic carbocycles. The number of benzene rings is 2. The van der Waals surface area contributed by atoms with Crippen LogP contribution in [0.25, 0.3) is 22.1 Å². The average molecular weight is 639 g/mol. The van der Waals surface area contributed by atoms with Crippen LogP contribution in [-0.4, -0.2) is 52.4 Å². The van der Waals surface area contributed by atoms with Gasteiger partial charge in [-0.2, -0.15) is 30.0 Å². The first kappa shape index (κ1) is 32.6. The number of rotatable bonds is 4. The Balaban J connectivity index is 1.31. The number of aliphatic hydroxyl groups is 2. The van der Waals surface area contributed by atoms with E-state index in [0.717, 1.165) is 22.1 Å². The van der Waals surface area contributed by atoms with Gasteiger partial charge in [0.1, 0.15) is 22.1 Å². The zero-order valence-electron chi connectivity index (χ0n) is 26.5. The topological polar surface area (TPSA) is 102 Å². The van der Waals surface area contributed by atoms with Crippen molar-refractivity contribution in [2.24, 2.45) is 23.7 Å². The first-order chi connectivity index (χ1) is 24.0. The highest BCUT2D eigenvalue weighted by Gasteiger charge is 2.44. The number of aliphatic hydroxyl groups excluding tert-OH is 2. The zero-order valence-corrected chi connectivity index (χ0v) is 26.5. The standard InChI is InChI=1S/C41H30N6O2/c1-3-5-7-9-11-13-19-30-25-32(40(48)38(27-30)46-42-34-21-15-16-22-35(34)43-46)29-33-26-31(20-14-12-10-8-6-4-2)28-39(41(33)49)47-44-36-23-17-18-24-37(36)45-47/h1-2,15-18,21-24,30-33,38-41,48-49H,25-29H2. The fraction of sp³-hybridized carbons (Fsp3) is 0.317. The molecule has 2 aromatic heterocycles. The molecule has 8 atom stereocenters. The molecule has 8 nitrogen and oxygen atoms in total. The normalized spacial score (nSPS) is 25.3. The molecule has 0 radical (unpaired) electrons. The summed E-state index contributed by atoms with van der Waals surface area (Å²) in [7, 11) is 0. The van der Waals surface area contributed by atoms with Crippen LogP contribution in [0.1, 0.15) is 44.2 Å². The van der Waals surface area contributed by atoms with E-state index in [1.54, 1.807) is 9.59 Å². The molecule has 8 heteroatoms. The maximum absolute atomic E-state index is 11.9. The van der Waals surface area contributed by atoms with E-state index < -0.39 is 24.3 Å². The summed E-state index contributed by atoms with van der Waals surface area (Å²) in [5.74, 6) is 37.0. The predicted molar refractivity (Wildman–Crippen MR) is 187 cm³/mol. The Morgan fingerprint density at radius 2 is 0.878 bits per heavy atom. The maximum Gasteiger partial charge on any atom is 0.113 e. The van der Waals surface area contributed by atoms with Crippen molar-refractivity contribution in [2.75, 3.05) is 0 Å². The van der Waals surface area contributed by atoms with Gasteiger partial charge in [-0.15, -0.1) is 12.8 Å². The Morgan fingerprint density at radius 3 is 1.24 bits per heavy atom. The summed E-state index contributed by atoms with van der Waals surface area (Å²) in [4.78, 5) is 3.24. The third kappa shape index (κ3) is 7.79. The van der Waals surface area contributed by atoms with Crippen LogP contribution in [0.4, 0.5) is 0 Å². The van der Waals surface area contributed by atoms with Gasteiger partial charge in [0.05, 0.1) is 24.3 Å². The maximum atomic E-state index is 11.9. The van der Waals surface area contributed by atoms with Crippen LogP contribution in [0.5, 0.6) is 0 Å². The van der Waals surface area contributed by atoms with Crippen LogP contribution >= 0.6 is 0 Å². The Hall–Kier alpha value is -6.36. The van der Waals surface area contributed by atoms with Gasteiger partial charge < -0.3 is 10.2 Å². The number of hydrogen-bond acceptors (Lipinski definition) is 6. The highest BCUT2D eigenvalue weighted by atomic mass is 16.3. The second-order valence-electron chi connectivity index (χ2n) is 12.1. The van der Waals surface area contributed by atoms with Crippen molar-refractivity contribution in [1.29, 1.82) is 0 Å². The number of terminal acetylenes is 2. The average Bonchev–Trinajstić information content (AvgIpc) is 3.75. The van der Waals surface area contributed by atoms with E-state index in [0.29, 0.717) is 32.1 Å². The highest BCUT2D eigenvalue weighted by Crippen LogP contribution is 2.44. The van der Waals surface area contributed by atoms with Crippen LogP contribution in [-0.2, 0) is 0 Å². The van der Waals surface area contributed by atoms with E-state index in [-0.39, 0.29) is 23.7 Å². The molecule has 0 bridgehead atoms. The molecule has 49 heavy (non-hydrogen) atoms. The summed E-state index contributed by atoms with van der Waals surface area (Å²) in [6.07, 6.45) is 11.6. The van der Waals surface area contributed by atoms with Gasteiger partial charge in [-0.05, 0) is 139 Å². The molecular formula is C41H30N6O2. The second kappa shape index (κ2) is 15.5. The molecule has 2 fully saturated rings. The fourth-order valence-corrected chi connectivity index (χ4v) is 6.84. The van der Waals surface area contributed by atoms with E-state index in [9.17, 15) is 10.2 Å². The minimum atomic E-state index is -0.782. The predicted octanol–water partition coefficient (Wildman–Crippen LogP) is 3.41. The van der Waals surface area contributed by atoms with Crippen molar-refractivity contribution < 1.29 is 10.2 Å². The van der Waals surface area contributed by atoms with Crippen LogP contribution in [0.3, 0.4) is 0 Å². The first-order valence-corrected chi connectivity index (χ1v) is 16.0. The molecule has 2 saturated carbocycles. The lowest BCUT2D eigenvalue weighted by atomic mass is 9.68. The number of hydrogen-bond donors (Lipinski definition) is 2. The molecule has 0 saturated heterocycles.